The zero-order valence-corrected chi connectivity index (χ0v) is 19.5. The van der Waals surface area contributed by atoms with Crippen molar-refractivity contribution in [2.45, 2.75) is 57.4 Å². The molecular formula is C26H26NO8+. The molecule has 0 radical (unpaired) electrons. The van der Waals surface area contributed by atoms with Crippen LogP contribution in [0.25, 0.3) is 0 Å². The smallest absolute Gasteiger partial charge is 0.342 e. The average Bonchev–Trinajstić information content (AvgIpc) is 2.96. The van der Waals surface area contributed by atoms with Gasteiger partial charge >= 0.3 is 23.9 Å². The van der Waals surface area contributed by atoms with E-state index in [4.69, 9.17) is 18.9 Å². The summed E-state index contributed by atoms with van der Waals surface area (Å²) in [5.41, 5.74) is 0.321. The Bertz CT molecular complexity index is 1190. The third kappa shape index (κ3) is 5.40. The Kier molecular flexibility index (Phi) is 6.95. The molecular weight excluding hydrogens is 454 g/mol. The molecule has 35 heavy (non-hydrogen) atoms. The SMILES string of the molecule is C=[N+]1C2CC(OC(=O)c3ccccc3OC(C)=O)CC1C(OC(=O)c1ccccc1OC(C)=O)C2. The van der Waals surface area contributed by atoms with Crippen molar-refractivity contribution in [3.63, 3.8) is 0 Å². The number of benzene rings is 2. The minimum atomic E-state index is -0.600. The first-order chi connectivity index (χ1) is 16.7. The summed E-state index contributed by atoms with van der Waals surface area (Å²) in [5.74, 6) is -1.99. The van der Waals surface area contributed by atoms with Crippen LogP contribution in [0, 0.1) is 0 Å². The summed E-state index contributed by atoms with van der Waals surface area (Å²) in [6, 6.07) is 12.5. The van der Waals surface area contributed by atoms with Gasteiger partial charge in [0.2, 0.25) is 0 Å². The van der Waals surface area contributed by atoms with E-state index < -0.39 is 36.1 Å². The van der Waals surface area contributed by atoms with Crippen LogP contribution >= 0.6 is 0 Å². The highest BCUT2D eigenvalue weighted by Gasteiger charge is 2.53. The van der Waals surface area contributed by atoms with Gasteiger partial charge in [-0.25, -0.2) is 14.2 Å². The van der Waals surface area contributed by atoms with E-state index in [2.05, 4.69) is 6.72 Å². The van der Waals surface area contributed by atoms with Crippen molar-refractivity contribution < 1.29 is 42.7 Å². The van der Waals surface area contributed by atoms with E-state index in [1.807, 2.05) is 4.58 Å². The molecule has 2 heterocycles. The van der Waals surface area contributed by atoms with Crippen molar-refractivity contribution in [2.75, 3.05) is 0 Å². The molecule has 9 heteroatoms. The highest BCUT2D eigenvalue weighted by atomic mass is 16.6. The zero-order valence-electron chi connectivity index (χ0n) is 19.5. The molecule has 2 bridgehead atoms. The van der Waals surface area contributed by atoms with E-state index in [1.165, 1.54) is 38.1 Å². The Morgan fingerprint density at radius 2 is 1.29 bits per heavy atom. The summed E-state index contributed by atoms with van der Waals surface area (Å²) < 4.78 is 23.7. The Labute approximate surface area is 202 Å². The van der Waals surface area contributed by atoms with E-state index in [1.54, 1.807) is 24.3 Å². The van der Waals surface area contributed by atoms with Crippen molar-refractivity contribution >= 4 is 30.6 Å². The topological polar surface area (TPSA) is 108 Å². The van der Waals surface area contributed by atoms with Crippen LogP contribution < -0.4 is 9.47 Å². The minimum absolute atomic E-state index is 0.0447. The first kappa shape index (κ1) is 24.1. The second-order valence-corrected chi connectivity index (χ2v) is 8.59. The Morgan fingerprint density at radius 3 is 1.83 bits per heavy atom. The van der Waals surface area contributed by atoms with Crippen molar-refractivity contribution in [1.82, 2.24) is 0 Å². The van der Waals surface area contributed by atoms with Crippen LogP contribution in [0.1, 0.15) is 53.8 Å². The van der Waals surface area contributed by atoms with Crippen LogP contribution in [-0.4, -0.2) is 59.5 Å². The molecule has 4 atom stereocenters. The van der Waals surface area contributed by atoms with Gasteiger partial charge in [0.05, 0.1) is 12.8 Å². The van der Waals surface area contributed by atoms with E-state index in [0.29, 0.717) is 19.3 Å². The molecule has 0 N–H and O–H groups in total. The van der Waals surface area contributed by atoms with Gasteiger partial charge in [0.1, 0.15) is 35.4 Å². The molecule has 0 amide bonds. The molecule has 182 valence electrons. The Balaban J connectivity index is 1.43. The van der Waals surface area contributed by atoms with Gasteiger partial charge in [-0.05, 0) is 24.3 Å². The molecule has 4 rings (SSSR count). The maximum Gasteiger partial charge on any atom is 0.342 e. The van der Waals surface area contributed by atoms with Gasteiger partial charge < -0.3 is 18.9 Å². The van der Waals surface area contributed by atoms with Crippen molar-refractivity contribution in [3.05, 3.63) is 59.7 Å². The number of rotatable bonds is 6. The molecule has 4 unspecified atom stereocenters. The predicted molar refractivity (Wildman–Crippen MR) is 123 cm³/mol. The number of fused-ring (bicyclic) bond motifs is 2. The van der Waals surface area contributed by atoms with Crippen molar-refractivity contribution in [3.8, 4) is 11.5 Å². The zero-order chi connectivity index (χ0) is 25.1. The van der Waals surface area contributed by atoms with Crippen LogP contribution in [0.15, 0.2) is 48.5 Å². The van der Waals surface area contributed by atoms with Crippen LogP contribution in [0.5, 0.6) is 11.5 Å². The van der Waals surface area contributed by atoms with E-state index in [0.717, 1.165) is 0 Å². The molecule has 2 saturated heterocycles. The van der Waals surface area contributed by atoms with Gasteiger partial charge in [-0.3, -0.25) is 9.59 Å². The molecule has 0 aliphatic carbocycles. The average molecular weight is 480 g/mol. The second kappa shape index (κ2) is 10.1. The van der Waals surface area contributed by atoms with Crippen molar-refractivity contribution in [1.29, 1.82) is 0 Å². The molecule has 2 aromatic rings. The fourth-order valence-electron chi connectivity index (χ4n) is 4.63. The van der Waals surface area contributed by atoms with Gasteiger partial charge in [-0.2, -0.15) is 0 Å². The molecule has 2 aliphatic rings. The summed E-state index contributed by atoms with van der Waals surface area (Å²) in [6.07, 6.45) is 0.600. The van der Waals surface area contributed by atoms with Gasteiger partial charge in [-0.15, -0.1) is 0 Å². The molecule has 0 saturated carbocycles. The van der Waals surface area contributed by atoms with Gasteiger partial charge in [0, 0.05) is 20.3 Å². The highest BCUT2D eigenvalue weighted by Crippen LogP contribution is 2.36. The van der Waals surface area contributed by atoms with Crippen molar-refractivity contribution in [2.24, 2.45) is 0 Å². The lowest BCUT2D eigenvalue weighted by atomic mass is 10.0. The summed E-state index contributed by atoms with van der Waals surface area (Å²) in [4.78, 5) is 48.4. The molecule has 2 aromatic carbocycles. The number of piperidine rings is 1. The lowest BCUT2D eigenvalue weighted by Crippen LogP contribution is -2.42. The first-order valence-corrected chi connectivity index (χ1v) is 11.3. The molecule has 9 nitrogen and oxygen atoms in total. The van der Waals surface area contributed by atoms with Gasteiger partial charge in [0.15, 0.2) is 18.2 Å². The van der Waals surface area contributed by atoms with Gasteiger partial charge in [0.25, 0.3) is 0 Å². The first-order valence-electron chi connectivity index (χ1n) is 11.3. The molecule has 0 aromatic heterocycles. The predicted octanol–water partition coefficient (Wildman–Crippen LogP) is 2.94. The quantitative estimate of drug-likeness (QED) is 0.353. The van der Waals surface area contributed by atoms with Crippen LogP contribution in [-0.2, 0) is 19.1 Å². The number of para-hydroxylation sites is 2. The third-order valence-corrected chi connectivity index (χ3v) is 6.12. The highest BCUT2D eigenvalue weighted by molar-refractivity contribution is 5.94. The monoisotopic (exact) mass is 480 g/mol. The van der Waals surface area contributed by atoms with E-state index >= 15 is 0 Å². The van der Waals surface area contributed by atoms with E-state index in [9.17, 15) is 19.2 Å². The number of ether oxygens (including phenoxy) is 4. The maximum atomic E-state index is 12.9. The number of carbonyl (C=O) groups excluding carboxylic acids is 4. The van der Waals surface area contributed by atoms with Crippen LogP contribution in [0.4, 0.5) is 0 Å². The number of nitrogens with zero attached hydrogens (tertiary/aromatic N) is 1. The number of hydrogen-bond donors (Lipinski definition) is 0. The number of carbonyl (C=O) groups is 4. The van der Waals surface area contributed by atoms with Crippen LogP contribution in [0.3, 0.4) is 0 Å². The summed E-state index contributed by atoms with van der Waals surface area (Å²) in [5, 5.41) is 0. The fraction of sp³-hybridized carbons (Fsp3) is 0.346. The van der Waals surface area contributed by atoms with E-state index in [-0.39, 0.29) is 34.7 Å². The summed E-state index contributed by atoms with van der Waals surface area (Å²) >= 11 is 0. The Hall–Kier alpha value is -4.01. The Morgan fingerprint density at radius 1 is 0.771 bits per heavy atom. The second-order valence-electron chi connectivity index (χ2n) is 8.59. The minimum Gasteiger partial charge on any atom is -0.458 e. The maximum absolute atomic E-state index is 12.9. The summed E-state index contributed by atoms with van der Waals surface area (Å²) in [6.45, 7) is 6.62. The lowest BCUT2D eigenvalue weighted by molar-refractivity contribution is -0.588. The standard InChI is InChI=1S/C26H26NO8/c1-15(28)32-22-10-6-4-8-19(22)25(30)34-18-12-17-13-24(21(14-18)27(17)3)35-26(31)20-9-5-7-11-23(20)33-16(2)29/h4-11,17-18,21,24H,3,12-14H2,1-2H3/q+1. The lowest BCUT2D eigenvalue weighted by Gasteiger charge is -2.26. The number of esters is 4. The molecule has 2 fully saturated rings. The largest absolute Gasteiger partial charge is 0.458 e. The third-order valence-electron chi connectivity index (χ3n) is 6.12. The normalized spacial score (nSPS) is 22.7. The fourth-order valence-corrected chi connectivity index (χ4v) is 4.63. The van der Waals surface area contributed by atoms with Crippen LogP contribution in [0.2, 0.25) is 0 Å². The number of hydrogen-bond acceptors (Lipinski definition) is 8. The molecule has 0 spiro atoms. The summed E-state index contributed by atoms with van der Waals surface area (Å²) in [7, 11) is 0. The molecule has 2 aliphatic heterocycles. The van der Waals surface area contributed by atoms with Gasteiger partial charge in [-0.1, -0.05) is 24.3 Å².